The number of aromatic nitrogens is 1. The van der Waals surface area contributed by atoms with Gasteiger partial charge in [0, 0.05) is 12.6 Å². The van der Waals surface area contributed by atoms with E-state index in [4.69, 9.17) is 0 Å². The van der Waals surface area contributed by atoms with Gasteiger partial charge in [0.1, 0.15) is 4.75 Å². The average molecular weight is 504 g/mol. The van der Waals surface area contributed by atoms with Crippen LogP contribution in [0.5, 0.6) is 0 Å². The van der Waals surface area contributed by atoms with E-state index < -0.39 is 10.7 Å². The predicted molar refractivity (Wildman–Crippen MR) is 141 cm³/mol. The van der Waals surface area contributed by atoms with Crippen molar-refractivity contribution in [2.24, 2.45) is 5.92 Å². The molecule has 8 heteroatoms. The Bertz CT molecular complexity index is 964. The molecule has 1 saturated carbocycles. The van der Waals surface area contributed by atoms with E-state index in [1.807, 2.05) is 4.90 Å². The zero-order valence-electron chi connectivity index (χ0n) is 20.8. The van der Waals surface area contributed by atoms with Gasteiger partial charge in [-0.05, 0) is 68.9 Å². The highest BCUT2D eigenvalue weighted by Crippen LogP contribution is 2.37. The zero-order chi connectivity index (χ0) is 24.9. The molecule has 3 rings (SSSR count). The number of anilines is 1. The quantitative estimate of drug-likeness (QED) is 0.365. The van der Waals surface area contributed by atoms with E-state index in [9.17, 15) is 14.7 Å². The van der Waals surface area contributed by atoms with Crippen LogP contribution in [0.4, 0.5) is 9.93 Å². The molecule has 0 radical (unpaired) electrons. The maximum Gasteiger partial charge on any atom is 0.323 e. The van der Waals surface area contributed by atoms with Crippen LogP contribution in [-0.2, 0) is 11.2 Å². The van der Waals surface area contributed by atoms with E-state index in [0.717, 1.165) is 36.3 Å². The first-order valence-corrected chi connectivity index (χ1v) is 13.7. The average Bonchev–Trinajstić information content (AvgIpc) is 3.21. The SMILES string of the molecule is CC(C)c1ccc(CCN(C(=O)Nc2ncc(SC(C)(C)C(=O)O)s2)[C@H]2CC[C@H](C)CC2)cc1. The van der Waals surface area contributed by atoms with Crippen molar-refractivity contribution in [1.82, 2.24) is 9.88 Å². The van der Waals surface area contributed by atoms with E-state index in [1.165, 1.54) is 34.2 Å². The van der Waals surface area contributed by atoms with Crippen molar-refractivity contribution < 1.29 is 14.7 Å². The summed E-state index contributed by atoms with van der Waals surface area (Å²) in [5, 5.41) is 12.9. The number of thioether (sulfide) groups is 1. The van der Waals surface area contributed by atoms with Crippen molar-refractivity contribution in [1.29, 1.82) is 0 Å². The van der Waals surface area contributed by atoms with Gasteiger partial charge in [-0.1, -0.05) is 68.1 Å². The summed E-state index contributed by atoms with van der Waals surface area (Å²) < 4.78 is -0.185. The molecule has 1 aliphatic carbocycles. The highest BCUT2D eigenvalue weighted by Gasteiger charge is 2.30. The van der Waals surface area contributed by atoms with Crippen LogP contribution in [0.15, 0.2) is 34.7 Å². The predicted octanol–water partition coefficient (Wildman–Crippen LogP) is 6.88. The van der Waals surface area contributed by atoms with Crippen molar-refractivity contribution in [2.45, 2.75) is 87.6 Å². The van der Waals surface area contributed by atoms with Gasteiger partial charge in [-0.3, -0.25) is 10.1 Å². The van der Waals surface area contributed by atoms with Crippen LogP contribution in [0.1, 0.15) is 77.3 Å². The smallest absolute Gasteiger partial charge is 0.323 e. The molecule has 0 bridgehead atoms. The number of aliphatic carboxylic acids is 1. The molecule has 1 heterocycles. The van der Waals surface area contributed by atoms with Gasteiger partial charge in [-0.25, -0.2) is 9.78 Å². The summed E-state index contributed by atoms with van der Waals surface area (Å²) in [4.78, 5) is 31.1. The number of nitrogens with zero attached hydrogens (tertiary/aromatic N) is 2. The molecule has 1 fully saturated rings. The first-order valence-electron chi connectivity index (χ1n) is 12.1. The first kappa shape index (κ1) is 26.5. The maximum atomic E-state index is 13.3. The fourth-order valence-corrected chi connectivity index (χ4v) is 6.41. The molecule has 0 aliphatic heterocycles. The minimum absolute atomic E-state index is 0.123. The molecule has 1 aliphatic rings. The molecule has 34 heavy (non-hydrogen) atoms. The van der Waals surface area contributed by atoms with Gasteiger partial charge in [-0.2, -0.15) is 0 Å². The Hall–Kier alpha value is -2.06. The summed E-state index contributed by atoms with van der Waals surface area (Å²) in [6, 6.07) is 8.80. The lowest BCUT2D eigenvalue weighted by atomic mass is 9.86. The summed E-state index contributed by atoms with van der Waals surface area (Å²) in [7, 11) is 0. The molecule has 0 saturated heterocycles. The summed E-state index contributed by atoms with van der Waals surface area (Å²) in [6.07, 6.45) is 6.77. The summed E-state index contributed by atoms with van der Waals surface area (Å²) in [5.41, 5.74) is 2.55. The Labute approximate surface area is 211 Å². The maximum absolute atomic E-state index is 13.3. The Kier molecular flexibility index (Phi) is 9.04. The van der Waals surface area contributed by atoms with Crippen LogP contribution in [0.3, 0.4) is 0 Å². The zero-order valence-corrected chi connectivity index (χ0v) is 22.5. The third kappa shape index (κ3) is 7.22. The molecule has 6 nitrogen and oxygen atoms in total. The van der Waals surface area contributed by atoms with Gasteiger partial charge >= 0.3 is 12.0 Å². The van der Waals surface area contributed by atoms with Gasteiger partial charge in [0.2, 0.25) is 0 Å². The number of hydrogen-bond donors (Lipinski definition) is 2. The largest absolute Gasteiger partial charge is 0.480 e. The fourth-order valence-electron chi connectivity index (χ4n) is 4.15. The lowest BCUT2D eigenvalue weighted by Gasteiger charge is -2.36. The van der Waals surface area contributed by atoms with Crippen molar-refractivity contribution in [3.05, 3.63) is 41.6 Å². The minimum Gasteiger partial charge on any atom is -0.480 e. The molecule has 2 N–H and O–H groups in total. The third-order valence-electron chi connectivity index (χ3n) is 6.54. The van der Waals surface area contributed by atoms with E-state index in [2.05, 4.69) is 55.3 Å². The molecule has 0 atom stereocenters. The number of carbonyl (C=O) groups is 2. The molecular formula is C26H37N3O3S2. The molecule has 0 unspecified atom stereocenters. The van der Waals surface area contributed by atoms with Crippen molar-refractivity contribution in [3.8, 4) is 0 Å². The molecule has 1 aromatic heterocycles. The number of hydrogen-bond acceptors (Lipinski definition) is 5. The summed E-state index contributed by atoms with van der Waals surface area (Å²) in [6.45, 7) is 10.6. The third-order valence-corrected chi connectivity index (χ3v) is 8.74. The lowest BCUT2D eigenvalue weighted by molar-refractivity contribution is -0.138. The summed E-state index contributed by atoms with van der Waals surface area (Å²) >= 11 is 2.56. The highest BCUT2D eigenvalue weighted by molar-refractivity contribution is 8.03. The number of urea groups is 1. The monoisotopic (exact) mass is 503 g/mol. The summed E-state index contributed by atoms with van der Waals surface area (Å²) in [5.74, 6) is 0.333. The molecular weight excluding hydrogens is 466 g/mol. The number of nitrogens with one attached hydrogen (secondary N) is 1. The van der Waals surface area contributed by atoms with Crippen LogP contribution in [0.25, 0.3) is 0 Å². The van der Waals surface area contributed by atoms with Crippen LogP contribution < -0.4 is 5.32 Å². The van der Waals surface area contributed by atoms with Gasteiger partial charge in [0.05, 0.1) is 10.4 Å². The van der Waals surface area contributed by atoms with E-state index in [1.54, 1.807) is 20.0 Å². The number of rotatable bonds is 9. The second-order valence-corrected chi connectivity index (χ2v) is 13.0. The Morgan fingerprint density at radius 3 is 2.44 bits per heavy atom. The second kappa shape index (κ2) is 11.6. The minimum atomic E-state index is -0.955. The Morgan fingerprint density at radius 1 is 1.21 bits per heavy atom. The standard InChI is InChI=1S/C26H37N3O3S2/c1-17(2)20-10-8-19(9-11-20)14-15-29(21-12-6-18(3)7-13-21)25(32)28-24-27-16-22(33-24)34-26(4,5)23(30)31/h8-11,16-18,21H,6-7,12-15H2,1-5H3,(H,30,31)(H,27,28,32)/t18-,21-. The molecule has 2 amide bonds. The normalized spacial score (nSPS) is 18.6. The van der Waals surface area contributed by atoms with Gasteiger partial charge in [0.25, 0.3) is 0 Å². The van der Waals surface area contributed by atoms with Crippen LogP contribution >= 0.6 is 23.1 Å². The number of amides is 2. The van der Waals surface area contributed by atoms with E-state index in [-0.39, 0.29) is 12.1 Å². The Balaban J connectivity index is 1.68. The molecule has 2 aromatic rings. The van der Waals surface area contributed by atoms with E-state index >= 15 is 0 Å². The van der Waals surface area contributed by atoms with Gasteiger partial charge in [0.15, 0.2) is 5.13 Å². The van der Waals surface area contributed by atoms with Gasteiger partial charge in [-0.15, -0.1) is 0 Å². The van der Waals surface area contributed by atoms with Crippen LogP contribution in [0, 0.1) is 5.92 Å². The molecule has 186 valence electrons. The number of thiazole rings is 1. The van der Waals surface area contributed by atoms with Crippen molar-refractivity contribution in [3.63, 3.8) is 0 Å². The van der Waals surface area contributed by atoms with Crippen LogP contribution in [0.2, 0.25) is 0 Å². The van der Waals surface area contributed by atoms with Crippen LogP contribution in [-0.4, -0.2) is 44.3 Å². The Morgan fingerprint density at radius 2 is 1.85 bits per heavy atom. The highest BCUT2D eigenvalue weighted by atomic mass is 32.2. The van der Waals surface area contributed by atoms with Crippen molar-refractivity contribution >= 4 is 40.2 Å². The lowest BCUT2D eigenvalue weighted by Crippen LogP contribution is -2.45. The topological polar surface area (TPSA) is 82.5 Å². The van der Waals surface area contributed by atoms with E-state index in [0.29, 0.717) is 23.5 Å². The number of carboxylic acid groups (broad SMARTS) is 1. The van der Waals surface area contributed by atoms with Crippen molar-refractivity contribution in [2.75, 3.05) is 11.9 Å². The number of carbonyl (C=O) groups excluding carboxylic acids is 1. The number of benzene rings is 1. The molecule has 1 aromatic carbocycles. The first-order chi connectivity index (χ1) is 16.0. The second-order valence-electron chi connectivity index (χ2n) is 10.1. The number of carboxylic acids is 1. The van der Waals surface area contributed by atoms with Gasteiger partial charge < -0.3 is 10.0 Å². The fraction of sp³-hybridized carbons (Fsp3) is 0.577. The molecule has 0 spiro atoms.